The van der Waals surface area contributed by atoms with Crippen LogP contribution < -0.4 is 0 Å². The summed E-state index contributed by atoms with van der Waals surface area (Å²) >= 11 is 0. The Bertz CT molecular complexity index is 2920. The van der Waals surface area contributed by atoms with Crippen molar-refractivity contribution < 1.29 is 0 Å². The number of hydrogen-bond donors (Lipinski definition) is 0. The van der Waals surface area contributed by atoms with Crippen molar-refractivity contribution in [3.05, 3.63) is 231 Å². The average molecular weight is 767 g/mol. The van der Waals surface area contributed by atoms with Gasteiger partial charge in [-0.05, 0) is 45.5 Å². The summed E-state index contributed by atoms with van der Waals surface area (Å²) in [6.07, 6.45) is 0. The van der Waals surface area contributed by atoms with Crippen molar-refractivity contribution in [2.45, 2.75) is 0 Å². The fourth-order valence-corrected chi connectivity index (χ4v) is 7.78. The van der Waals surface area contributed by atoms with Gasteiger partial charge in [0.2, 0.25) is 0 Å². The molecule has 4 heteroatoms. The van der Waals surface area contributed by atoms with E-state index in [0.717, 1.165) is 83.7 Å². The SMILES string of the molecule is c1ccc(-c2ccc(-c3nc(-c4ccc(-c5ccccc5)cc4)nc(-c4cccc(-c5ccc(-c6ccccc6)nc5-c5ccccc5)c4-c4ccccc4)n3)cc2)cc1. The lowest BCUT2D eigenvalue weighted by molar-refractivity contribution is 1.07. The van der Waals surface area contributed by atoms with Gasteiger partial charge < -0.3 is 0 Å². The topological polar surface area (TPSA) is 51.6 Å². The van der Waals surface area contributed by atoms with E-state index in [4.69, 9.17) is 19.9 Å². The van der Waals surface area contributed by atoms with Crippen LogP contribution in [0.1, 0.15) is 0 Å². The van der Waals surface area contributed by atoms with Gasteiger partial charge in [-0.25, -0.2) is 19.9 Å². The third-order valence-corrected chi connectivity index (χ3v) is 10.8. The maximum absolute atomic E-state index is 5.35. The molecule has 0 N–H and O–H groups in total. The highest BCUT2D eigenvalue weighted by Crippen LogP contribution is 2.43. The maximum Gasteiger partial charge on any atom is 0.164 e. The zero-order valence-electron chi connectivity index (χ0n) is 32.7. The molecule has 0 aliphatic carbocycles. The number of nitrogens with zero attached hydrogens (tertiary/aromatic N) is 4. The molecule has 0 radical (unpaired) electrons. The number of aromatic nitrogens is 4. The van der Waals surface area contributed by atoms with Gasteiger partial charge in [-0.3, -0.25) is 0 Å². The van der Waals surface area contributed by atoms with Crippen molar-refractivity contribution in [1.29, 1.82) is 0 Å². The van der Waals surface area contributed by atoms with Crippen molar-refractivity contribution >= 4 is 0 Å². The van der Waals surface area contributed by atoms with Crippen molar-refractivity contribution in [3.63, 3.8) is 0 Å². The molecule has 282 valence electrons. The van der Waals surface area contributed by atoms with Crippen LogP contribution in [0.2, 0.25) is 0 Å². The summed E-state index contributed by atoms with van der Waals surface area (Å²) < 4.78 is 0. The van der Waals surface area contributed by atoms with Crippen LogP contribution in [-0.2, 0) is 0 Å². The lowest BCUT2D eigenvalue weighted by atomic mass is 9.88. The van der Waals surface area contributed by atoms with Crippen LogP contribution in [0.25, 0.3) is 101 Å². The second kappa shape index (κ2) is 16.4. The van der Waals surface area contributed by atoms with E-state index >= 15 is 0 Å². The molecule has 0 amide bonds. The molecule has 0 saturated heterocycles. The highest BCUT2D eigenvalue weighted by atomic mass is 15.0. The molecular formula is C56H38N4. The van der Waals surface area contributed by atoms with E-state index in [9.17, 15) is 0 Å². The smallest absolute Gasteiger partial charge is 0.164 e. The van der Waals surface area contributed by atoms with Crippen molar-refractivity contribution in [2.24, 2.45) is 0 Å². The molecule has 60 heavy (non-hydrogen) atoms. The Kier molecular flexibility index (Phi) is 9.92. The van der Waals surface area contributed by atoms with E-state index in [-0.39, 0.29) is 0 Å². The number of hydrogen-bond acceptors (Lipinski definition) is 4. The fraction of sp³-hybridized carbons (Fsp3) is 0. The highest BCUT2D eigenvalue weighted by Gasteiger charge is 2.22. The van der Waals surface area contributed by atoms with Crippen LogP contribution >= 0.6 is 0 Å². The van der Waals surface area contributed by atoms with Gasteiger partial charge >= 0.3 is 0 Å². The standard InChI is InChI=1S/C56H38N4/c1-6-17-39(18-7-1)41-29-33-46(34-30-41)54-58-55(47-35-31-42(32-36-47)40-19-8-2-9-20-40)60-56(59-54)50-28-16-27-48(52(50)44-23-12-4-13-24-44)49-37-38-51(43-21-10-3-11-22-43)57-53(49)45-25-14-5-15-26-45/h1-38H. The Hall–Kier alpha value is -8.08. The van der Waals surface area contributed by atoms with Gasteiger partial charge in [0.15, 0.2) is 17.5 Å². The first-order valence-corrected chi connectivity index (χ1v) is 20.1. The average Bonchev–Trinajstić information content (AvgIpc) is 3.35. The number of benzene rings is 8. The summed E-state index contributed by atoms with van der Waals surface area (Å²) in [6.45, 7) is 0. The second-order valence-electron chi connectivity index (χ2n) is 14.6. The molecule has 0 saturated carbocycles. The number of pyridine rings is 1. The molecule has 0 bridgehead atoms. The maximum atomic E-state index is 5.35. The van der Waals surface area contributed by atoms with Crippen LogP contribution in [0.5, 0.6) is 0 Å². The summed E-state index contributed by atoms with van der Waals surface area (Å²) in [6, 6.07) is 79.8. The van der Waals surface area contributed by atoms with Gasteiger partial charge in [0.05, 0.1) is 11.4 Å². The van der Waals surface area contributed by atoms with E-state index in [0.29, 0.717) is 17.5 Å². The molecule has 2 aromatic heterocycles. The van der Waals surface area contributed by atoms with Crippen LogP contribution in [0.4, 0.5) is 0 Å². The van der Waals surface area contributed by atoms with E-state index in [2.05, 4.69) is 206 Å². The van der Waals surface area contributed by atoms with Crippen LogP contribution in [-0.4, -0.2) is 19.9 Å². The second-order valence-corrected chi connectivity index (χ2v) is 14.6. The van der Waals surface area contributed by atoms with E-state index in [1.165, 1.54) is 0 Å². The molecule has 0 spiro atoms. The molecule has 0 atom stereocenters. The third kappa shape index (κ3) is 7.42. The summed E-state index contributed by atoms with van der Waals surface area (Å²) in [5.41, 5.74) is 15.3. The zero-order chi connectivity index (χ0) is 40.1. The molecule has 8 aromatic carbocycles. The van der Waals surface area contributed by atoms with E-state index < -0.39 is 0 Å². The van der Waals surface area contributed by atoms with Crippen molar-refractivity contribution in [2.75, 3.05) is 0 Å². The van der Waals surface area contributed by atoms with Crippen LogP contribution in [0, 0.1) is 0 Å². The van der Waals surface area contributed by atoms with Gasteiger partial charge in [0.25, 0.3) is 0 Å². The summed E-state index contributed by atoms with van der Waals surface area (Å²) in [5.74, 6) is 1.79. The normalized spacial score (nSPS) is 11.0. The largest absolute Gasteiger partial charge is 0.247 e. The molecular weight excluding hydrogens is 729 g/mol. The minimum absolute atomic E-state index is 0.588. The van der Waals surface area contributed by atoms with Crippen LogP contribution in [0.3, 0.4) is 0 Å². The lowest BCUT2D eigenvalue weighted by Crippen LogP contribution is -2.02. The first-order chi connectivity index (χ1) is 29.7. The van der Waals surface area contributed by atoms with Gasteiger partial charge in [-0.15, -0.1) is 0 Å². The first kappa shape index (κ1) is 36.3. The zero-order valence-corrected chi connectivity index (χ0v) is 32.7. The molecule has 0 fully saturated rings. The Morgan fingerprint density at radius 1 is 0.200 bits per heavy atom. The van der Waals surface area contributed by atoms with Gasteiger partial charge in [-0.2, -0.15) is 0 Å². The molecule has 2 heterocycles. The Morgan fingerprint density at radius 3 is 1.08 bits per heavy atom. The Balaban J connectivity index is 1.17. The quantitative estimate of drug-likeness (QED) is 0.147. The Labute approximate surface area is 350 Å². The molecule has 0 unspecified atom stereocenters. The molecule has 0 aliphatic rings. The highest BCUT2D eigenvalue weighted by molar-refractivity contribution is 5.97. The minimum Gasteiger partial charge on any atom is -0.247 e. The predicted molar refractivity (Wildman–Crippen MR) is 247 cm³/mol. The predicted octanol–water partition coefficient (Wildman–Crippen LogP) is 14.3. The minimum atomic E-state index is 0.588. The van der Waals surface area contributed by atoms with Gasteiger partial charge in [-0.1, -0.05) is 218 Å². The fourth-order valence-electron chi connectivity index (χ4n) is 7.78. The first-order valence-electron chi connectivity index (χ1n) is 20.1. The monoisotopic (exact) mass is 766 g/mol. The van der Waals surface area contributed by atoms with Crippen molar-refractivity contribution in [1.82, 2.24) is 19.9 Å². The summed E-state index contributed by atoms with van der Waals surface area (Å²) in [4.78, 5) is 21.1. The molecule has 10 aromatic rings. The third-order valence-electron chi connectivity index (χ3n) is 10.8. The van der Waals surface area contributed by atoms with Crippen LogP contribution in [0.15, 0.2) is 231 Å². The van der Waals surface area contributed by atoms with Gasteiger partial charge in [0.1, 0.15) is 0 Å². The lowest BCUT2D eigenvalue weighted by Gasteiger charge is -2.19. The van der Waals surface area contributed by atoms with E-state index in [1.54, 1.807) is 0 Å². The van der Waals surface area contributed by atoms with Gasteiger partial charge in [0, 0.05) is 38.9 Å². The van der Waals surface area contributed by atoms with E-state index in [1.807, 2.05) is 24.3 Å². The molecule has 4 nitrogen and oxygen atoms in total. The molecule has 0 aliphatic heterocycles. The van der Waals surface area contributed by atoms with Crippen molar-refractivity contribution in [3.8, 4) is 101 Å². The summed E-state index contributed by atoms with van der Waals surface area (Å²) in [5, 5.41) is 0. The Morgan fingerprint density at radius 2 is 0.583 bits per heavy atom. The summed E-state index contributed by atoms with van der Waals surface area (Å²) in [7, 11) is 0. The number of rotatable bonds is 9. The molecule has 10 rings (SSSR count).